The fourth-order valence-electron chi connectivity index (χ4n) is 2.12. The summed E-state index contributed by atoms with van der Waals surface area (Å²) in [6.07, 6.45) is 2.21. The number of nitrogens with two attached hydrogens (primary N) is 1. The summed E-state index contributed by atoms with van der Waals surface area (Å²) < 4.78 is 0. The van der Waals surface area contributed by atoms with Crippen molar-refractivity contribution in [3.8, 4) is 0 Å². The number of halogens is 1. The second kappa shape index (κ2) is 8.27. The third kappa shape index (κ3) is 5.13. The predicted octanol–water partition coefficient (Wildman–Crippen LogP) is 2.94. The molecule has 1 unspecified atom stereocenters. The minimum absolute atomic E-state index is 0.231. The van der Waals surface area contributed by atoms with Crippen LogP contribution in [0.25, 0.3) is 0 Å². The largest absolute Gasteiger partial charge is 0.394 e. The van der Waals surface area contributed by atoms with Gasteiger partial charge in [-0.2, -0.15) is 4.98 Å². The fraction of sp³-hybridized carbons (Fsp3) is 0.714. The van der Waals surface area contributed by atoms with Gasteiger partial charge in [0.15, 0.2) is 5.82 Å². The van der Waals surface area contributed by atoms with E-state index in [1.807, 2.05) is 6.92 Å². The van der Waals surface area contributed by atoms with Crippen LogP contribution in [0.4, 0.5) is 11.5 Å². The molecule has 0 saturated carbocycles. The topological polar surface area (TPSA) is 67.1 Å². The number of rotatable bonds is 8. The quantitative estimate of drug-likeness (QED) is 0.722. The minimum atomic E-state index is 0.231. The highest BCUT2D eigenvalue weighted by Gasteiger charge is 2.11. The lowest BCUT2D eigenvalue weighted by Crippen LogP contribution is -2.26. The van der Waals surface area contributed by atoms with Gasteiger partial charge < -0.3 is 16.0 Å². The van der Waals surface area contributed by atoms with Gasteiger partial charge in [0.25, 0.3) is 0 Å². The first-order valence-electron chi connectivity index (χ1n) is 7.26. The Hall–Kier alpha value is -1.07. The van der Waals surface area contributed by atoms with Gasteiger partial charge in [0.1, 0.15) is 0 Å². The highest BCUT2D eigenvalue weighted by molar-refractivity contribution is 6.28. The van der Waals surface area contributed by atoms with E-state index in [0.717, 1.165) is 32.5 Å². The van der Waals surface area contributed by atoms with Gasteiger partial charge in [-0.25, -0.2) is 4.98 Å². The highest BCUT2D eigenvalue weighted by Crippen LogP contribution is 2.21. The number of anilines is 2. The normalized spacial score (nSPS) is 12.7. The fourth-order valence-corrected chi connectivity index (χ4v) is 2.34. The second-order valence-corrected chi connectivity index (χ2v) is 5.39. The van der Waals surface area contributed by atoms with Crippen LogP contribution < -0.4 is 11.1 Å². The number of hydrogen-bond donors (Lipinski definition) is 2. The summed E-state index contributed by atoms with van der Waals surface area (Å²) in [6.45, 7) is 11.7. The molecule has 0 bridgehead atoms. The zero-order valence-electron chi connectivity index (χ0n) is 12.9. The smallest absolute Gasteiger partial charge is 0.224 e. The van der Waals surface area contributed by atoms with Crippen molar-refractivity contribution in [3.05, 3.63) is 11.0 Å². The summed E-state index contributed by atoms with van der Waals surface area (Å²) in [5, 5.41) is 3.55. The van der Waals surface area contributed by atoms with E-state index >= 15 is 0 Å². The zero-order valence-corrected chi connectivity index (χ0v) is 13.7. The maximum Gasteiger partial charge on any atom is 0.224 e. The molecule has 5 nitrogen and oxygen atoms in total. The van der Waals surface area contributed by atoms with E-state index in [1.165, 1.54) is 0 Å². The molecule has 1 aromatic heterocycles. The number of nitrogens with one attached hydrogen (secondary N) is 1. The van der Waals surface area contributed by atoms with Crippen molar-refractivity contribution in [3.63, 3.8) is 0 Å². The average molecular weight is 300 g/mol. The van der Waals surface area contributed by atoms with Crippen LogP contribution in [0.1, 0.15) is 39.3 Å². The molecule has 0 fully saturated rings. The van der Waals surface area contributed by atoms with E-state index in [-0.39, 0.29) is 5.28 Å². The molecule has 1 heterocycles. The van der Waals surface area contributed by atoms with E-state index in [4.69, 9.17) is 17.3 Å². The molecule has 0 aromatic carbocycles. The average Bonchev–Trinajstić information content (AvgIpc) is 2.40. The van der Waals surface area contributed by atoms with Crippen LogP contribution in [0.3, 0.4) is 0 Å². The van der Waals surface area contributed by atoms with Gasteiger partial charge in [0.05, 0.1) is 11.4 Å². The van der Waals surface area contributed by atoms with Crippen LogP contribution in [0.15, 0.2) is 0 Å². The summed E-state index contributed by atoms with van der Waals surface area (Å²) in [6, 6.07) is 0.304. The molecule has 0 saturated heterocycles. The predicted molar refractivity (Wildman–Crippen MR) is 86.3 cm³/mol. The number of aryl methyl sites for hydroxylation is 1. The van der Waals surface area contributed by atoms with Crippen molar-refractivity contribution in [2.24, 2.45) is 0 Å². The van der Waals surface area contributed by atoms with Gasteiger partial charge in [-0.15, -0.1) is 0 Å². The standard InChI is InChI=1S/C14H26ClN5/c1-5-20(6-2)9-7-8-10(3)17-13-12(16)11(4)18-14(15)19-13/h10H,5-9,16H2,1-4H3,(H,17,18,19). The molecule has 0 aliphatic rings. The summed E-state index contributed by atoms with van der Waals surface area (Å²) in [5.74, 6) is 0.637. The van der Waals surface area contributed by atoms with Crippen molar-refractivity contribution in [2.45, 2.75) is 46.6 Å². The zero-order chi connectivity index (χ0) is 15.1. The Labute approximate surface area is 126 Å². The Morgan fingerprint density at radius 2 is 1.95 bits per heavy atom. The van der Waals surface area contributed by atoms with Gasteiger partial charge in [0.2, 0.25) is 5.28 Å². The molecule has 1 aromatic rings. The summed E-state index contributed by atoms with van der Waals surface area (Å²) in [5.41, 5.74) is 7.25. The van der Waals surface area contributed by atoms with Crippen molar-refractivity contribution in [2.75, 3.05) is 30.7 Å². The number of nitrogen functional groups attached to an aromatic ring is 1. The molecular weight excluding hydrogens is 274 g/mol. The van der Waals surface area contributed by atoms with Crippen molar-refractivity contribution in [1.29, 1.82) is 0 Å². The van der Waals surface area contributed by atoms with E-state index in [1.54, 1.807) is 0 Å². The Bertz CT molecular complexity index is 420. The van der Waals surface area contributed by atoms with Gasteiger partial charge in [-0.1, -0.05) is 13.8 Å². The Kier molecular flexibility index (Phi) is 7.02. The monoisotopic (exact) mass is 299 g/mol. The summed E-state index contributed by atoms with van der Waals surface area (Å²) in [7, 11) is 0. The lowest BCUT2D eigenvalue weighted by molar-refractivity contribution is 0.295. The number of aromatic nitrogens is 2. The van der Waals surface area contributed by atoms with Crippen molar-refractivity contribution in [1.82, 2.24) is 14.9 Å². The lowest BCUT2D eigenvalue weighted by Gasteiger charge is -2.20. The summed E-state index contributed by atoms with van der Waals surface area (Å²) in [4.78, 5) is 10.6. The Morgan fingerprint density at radius 1 is 1.30 bits per heavy atom. The molecule has 114 valence electrons. The first-order chi connectivity index (χ1) is 9.47. The molecule has 0 aliphatic heterocycles. The van der Waals surface area contributed by atoms with Crippen molar-refractivity contribution < 1.29 is 0 Å². The minimum Gasteiger partial charge on any atom is -0.394 e. The molecule has 0 radical (unpaired) electrons. The number of hydrogen-bond acceptors (Lipinski definition) is 5. The van der Waals surface area contributed by atoms with E-state index < -0.39 is 0 Å². The maximum atomic E-state index is 5.97. The molecule has 6 heteroatoms. The number of nitrogens with zero attached hydrogens (tertiary/aromatic N) is 3. The molecular formula is C14H26ClN5. The van der Waals surface area contributed by atoms with Crippen molar-refractivity contribution >= 4 is 23.1 Å². The van der Waals surface area contributed by atoms with Gasteiger partial charge >= 0.3 is 0 Å². The highest BCUT2D eigenvalue weighted by atomic mass is 35.5. The van der Waals surface area contributed by atoms with E-state index in [2.05, 4.69) is 41.0 Å². The molecule has 0 spiro atoms. The third-order valence-corrected chi connectivity index (χ3v) is 3.67. The van der Waals surface area contributed by atoms with Crippen LogP contribution in [-0.2, 0) is 0 Å². The molecule has 20 heavy (non-hydrogen) atoms. The van der Waals surface area contributed by atoms with Crippen LogP contribution in [0.2, 0.25) is 5.28 Å². The van der Waals surface area contributed by atoms with Gasteiger partial charge in [-0.3, -0.25) is 0 Å². The van der Waals surface area contributed by atoms with Crippen LogP contribution in [-0.4, -0.2) is 40.5 Å². The van der Waals surface area contributed by atoms with Crippen LogP contribution >= 0.6 is 11.6 Å². The maximum absolute atomic E-state index is 5.97. The Morgan fingerprint density at radius 3 is 2.55 bits per heavy atom. The SMILES string of the molecule is CCN(CC)CCCC(C)Nc1nc(Cl)nc(C)c1N. The van der Waals surface area contributed by atoms with Crippen LogP contribution in [0, 0.1) is 6.92 Å². The molecule has 1 atom stereocenters. The van der Waals surface area contributed by atoms with Gasteiger partial charge in [-0.05, 0) is 57.9 Å². The Balaban J connectivity index is 2.48. The summed E-state index contributed by atoms with van der Waals surface area (Å²) >= 11 is 5.86. The van der Waals surface area contributed by atoms with E-state index in [9.17, 15) is 0 Å². The van der Waals surface area contributed by atoms with Crippen LogP contribution in [0.5, 0.6) is 0 Å². The molecule has 0 amide bonds. The second-order valence-electron chi connectivity index (χ2n) is 5.05. The molecule has 0 aliphatic carbocycles. The first-order valence-corrected chi connectivity index (χ1v) is 7.64. The lowest BCUT2D eigenvalue weighted by atomic mass is 10.1. The molecule has 3 N–H and O–H groups in total. The first kappa shape index (κ1) is 17.0. The van der Waals surface area contributed by atoms with E-state index in [0.29, 0.717) is 23.2 Å². The molecule has 1 rings (SSSR count). The van der Waals surface area contributed by atoms with Gasteiger partial charge in [0, 0.05) is 6.04 Å². The third-order valence-electron chi connectivity index (χ3n) is 3.50.